The highest BCUT2D eigenvalue weighted by atomic mass is 16.3. The Morgan fingerprint density at radius 1 is 1.41 bits per heavy atom. The molecule has 0 bridgehead atoms. The van der Waals surface area contributed by atoms with Crippen molar-refractivity contribution in [3.8, 4) is 0 Å². The molecule has 2 rings (SSSR count). The van der Waals surface area contributed by atoms with Crippen LogP contribution in [0.2, 0.25) is 0 Å². The standard InChI is InChI=1S/C14H19NO2/c1-11(5-4-10-16)15-9-8-12-6-2-3-7-13(12)14(15)17/h2-3,6-7,11,16H,4-5,8-10H2,1H3. The van der Waals surface area contributed by atoms with E-state index < -0.39 is 0 Å². The van der Waals surface area contributed by atoms with Crippen LogP contribution < -0.4 is 0 Å². The molecule has 1 N–H and O–H groups in total. The van der Waals surface area contributed by atoms with Gasteiger partial charge in [0.25, 0.3) is 5.91 Å². The van der Waals surface area contributed by atoms with Gasteiger partial charge in [0, 0.05) is 24.8 Å². The lowest BCUT2D eigenvalue weighted by atomic mass is 9.97. The largest absolute Gasteiger partial charge is 0.396 e. The Labute approximate surface area is 102 Å². The summed E-state index contributed by atoms with van der Waals surface area (Å²) in [7, 11) is 0. The Kier molecular flexibility index (Phi) is 3.79. The van der Waals surface area contributed by atoms with Gasteiger partial charge in [-0.15, -0.1) is 0 Å². The van der Waals surface area contributed by atoms with E-state index in [1.165, 1.54) is 0 Å². The molecular formula is C14H19NO2. The lowest BCUT2D eigenvalue weighted by molar-refractivity contribution is 0.0658. The summed E-state index contributed by atoms with van der Waals surface area (Å²) in [5.41, 5.74) is 2.00. The highest BCUT2D eigenvalue weighted by molar-refractivity contribution is 5.96. The van der Waals surface area contributed by atoms with Crippen molar-refractivity contribution in [2.75, 3.05) is 13.2 Å². The summed E-state index contributed by atoms with van der Waals surface area (Å²) in [5, 5.41) is 8.83. The molecule has 0 fully saturated rings. The van der Waals surface area contributed by atoms with Gasteiger partial charge in [-0.05, 0) is 37.8 Å². The number of nitrogens with zero attached hydrogens (tertiary/aromatic N) is 1. The molecule has 1 aromatic rings. The minimum atomic E-state index is 0.136. The lowest BCUT2D eigenvalue weighted by Gasteiger charge is -2.33. The van der Waals surface area contributed by atoms with Crippen molar-refractivity contribution in [3.63, 3.8) is 0 Å². The molecule has 0 saturated carbocycles. The van der Waals surface area contributed by atoms with Crippen LogP contribution in [-0.2, 0) is 6.42 Å². The van der Waals surface area contributed by atoms with Gasteiger partial charge in [-0.1, -0.05) is 18.2 Å². The maximum Gasteiger partial charge on any atom is 0.254 e. The van der Waals surface area contributed by atoms with E-state index in [-0.39, 0.29) is 18.6 Å². The van der Waals surface area contributed by atoms with Gasteiger partial charge in [0.2, 0.25) is 0 Å². The molecule has 92 valence electrons. The number of rotatable bonds is 4. The van der Waals surface area contributed by atoms with E-state index in [1.807, 2.05) is 29.2 Å². The Bertz CT molecular complexity index is 403. The topological polar surface area (TPSA) is 40.5 Å². The zero-order chi connectivity index (χ0) is 12.3. The molecule has 1 atom stereocenters. The summed E-state index contributed by atoms with van der Waals surface area (Å²) < 4.78 is 0. The number of aliphatic hydroxyl groups is 1. The minimum Gasteiger partial charge on any atom is -0.396 e. The number of benzene rings is 1. The number of hydrogen-bond donors (Lipinski definition) is 1. The average Bonchev–Trinajstić information content (AvgIpc) is 2.37. The lowest BCUT2D eigenvalue weighted by Crippen LogP contribution is -2.43. The molecule has 3 nitrogen and oxygen atoms in total. The maximum atomic E-state index is 12.3. The fourth-order valence-electron chi connectivity index (χ4n) is 2.41. The van der Waals surface area contributed by atoms with Gasteiger partial charge in [0.1, 0.15) is 0 Å². The molecule has 1 heterocycles. The second kappa shape index (κ2) is 5.32. The summed E-state index contributed by atoms with van der Waals surface area (Å²) in [6, 6.07) is 8.05. The fraction of sp³-hybridized carbons (Fsp3) is 0.500. The molecule has 1 amide bonds. The fourth-order valence-corrected chi connectivity index (χ4v) is 2.41. The highest BCUT2D eigenvalue weighted by Crippen LogP contribution is 2.21. The average molecular weight is 233 g/mol. The van der Waals surface area contributed by atoms with Crippen molar-refractivity contribution in [2.24, 2.45) is 0 Å². The summed E-state index contributed by atoms with van der Waals surface area (Å²) in [5.74, 6) is 0.136. The molecule has 17 heavy (non-hydrogen) atoms. The van der Waals surface area contributed by atoms with E-state index in [4.69, 9.17) is 5.11 Å². The van der Waals surface area contributed by atoms with Gasteiger partial charge in [-0.25, -0.2) is 0 Å². The SMILES string of the molecule is CC(CCCO)N1CCc2ccccc2C1=O. The Morgan fingerprint density at radius 3 is 2.94 bits per heavy atom. The first-order valence-corrected chi connectivity index (χ1v) is 6.23. The van der Waals surface area contributed by atoms with Crippen molar-refractivity contribution in [1.29, 1.82) is 0 Å². The molecule has 1 aromatic carbocycles. The van der Waals surface area contributed by atoms with E-state index in [0.717, 1.165) is 36.9 Å². The maximum absolute atomic E-state index is 12.3. The number of carbonyl (C=O) groups excluding carboxylic acids is 1. The van der Waals surface area contributed by atoms with E-state index in [1.54, 1.807) is 0 Å². The van der Waals surface area contributed by atoms with Crippen LogP contribution in [0.5, 0.6) is 0 Å². The number of fused-ring (bicyclic) bond motifs is 1. The highest BCUT2D eigenvalue weighted by Gasteiger charge is 2.26. The third-order valence-electron chi connectivity index (χ3n) is 3.44. The van der Waals surface area contributed by atoms with Crippen molar-refractivity contribution in [1.82, 2.24) is 4.90 Å². The molecule has 0 saturated heterocycles. The molecule has 3 heteroatoms. The molecule has 0 aliphatic carbocycles. The zero-order valence-corrected chi connectivity index (χ0v) is 10.2. The Balaban J connectivity index is 2.11. The molecule has 1 unspecified atom stereocenters. The number of aliphatic hydroxyl groups excluding tert-OH is 1. The quantitative estimate of drug-likeness (QED) is 0.862. The second-order valence-electron chi connectivity index (χ2n) is 4.62. The first-order chi connectivity index (χ1) is 8.24. The van der Waals surface area contributed by atoms with Crippen molar-refractivity contribution >= 4 is 5.91 Å². The van der Waals surface area contributed by atoms with Gasteiger partial charge in [0.15, 0.2) is 0 Å². The summed E-state index contributed by atoms with van der Waals surface area (Å²) in [6.07, 6.45) is 2.56. The van der Waals surface area contributed by atoms with Crippen molar-refractivity contribution in [2.45, 2.75) is 32.2 Å². The molecular weight excluding hydrogens is 214 g/mol. The Hall–Kier alpha value is -1.35. The molecule has 0 aromatic heterocycles. The molecule has 0 spiro atoms. The predicted octanol–water partition coefficient (Wildman–Crippen LogP) is 1.85. The number of amides is 1. The van der Waals surface area contributed by atoms with Gasteiger partial charge in [-0.2, -0.15) is 0 Å². The summed E-state index contributed by atoms with van der Waals surface area (Å²) in [6.45, 7) is 3.05. The van der Waals surface area contributed by atoms with Crippen LogP contribution in [-0.4, -0.2) is 35.1 Å². The van der Waals surface area contributed by atoms with Gasteiger partial charge >= 0.3 is 0 Å². The van der Waals surface area contributed by atoms with Crippen LogP contribution in [0.4, 0.5) is 0 Å². The van der Waals surface area contributed by atoms with Crippen LogP contribution in [0, 0.1) is 0 Å². The normalized spacial score (nSPS) is 16.8. The van der Waals surface area contributed by atoms with Crippen LogP contribution >= 0.6 is 0 Å². The third kappa shape index (κ3) is 2.50. The Morgan fingerprint density at radius 2 is 2.18 bits per heavy atom. The zero-order valence-electron chi connectivity index (χ0n) is 10.2. The first-order valence-electron chi connectivity index (χ1n) is 6.23. The summed E-state index contributed by atoms with van der Waals surface area (Å²) >= 11 is 0. The number of hydrogen-bond acceptors (Lipinski definition) is 2. The molecule has 0 radical (unpaired) electrons. The minimum absolute atomic E-state index is 0.136. The number of carbonyl (C=O) groups is 1. The van der Waals surface area contributed by atoms with Crippen molar-refractivity contribution in [3.05, 3.63) is 35.4 Å². The van der Waals surface area contributed by atoms with Gasteiger partial charge in [0.05, 0.1) is 0 Å². The monoisotopic (exact) mass is 233 g/mol. The van der Waals surface area contributed by atoms with E-state index in [9.17, 15) is 4.79 Å². The molecule has 1 aliphatic rings. The smallest absolute Gasteiger partial charge is 0.254 e. The second-order valence-corrected chi connectivity index (χ2v) is 4.62. The predicted molar refractivity (Wildman–Crippen MR) is 67.0 cm³/mol. The summed E-state index contributed by atoms with van der Waals surface area (Å²) in [4.78, 5) is 14.2. The van der Waals surface area contributed by atoms with Gasteiger partial charge < -0.3 is 10.0 Å². The van der Waals surface area contributed by atoms with Crippen LogP contribution in [0.25, 0.3) is 0 Å². The van der Waals surface area contributed by atoms with E-state index >= 15 is 0 Å². The first kappa shape index (κ1) is 12.1. The third-order valence-corrected chi connectivity index (χ3v) is 3.44. The van der Waals surface area contributed by atoms with Crippen LogP contribution in [0.15, 0.2) is 24.3 Å². The van der Waals surface area contributed by atoms with E-state index in [0.29, 0.717) is 0 Å². The van der Waals surface area contributed by atoms with Crippen molar-refractivity contribution < 1.29 is 9.90 Å². The van der Waals surface area contributed by atoms with Crippen LogP contribution in [0.1, 0.15) is 35.7 Å². The van der Waals surface area contributed by atoms with Crippen LogP contribution in [0.3, 0.4) is 0 Å². The van der Waals surface area contributed by atoms with Gasteiger partial charge in [-0.3, -0.25) is 4.79 Å². The van der Waals surface area contributed by atoms with E-state index in [2.05, 4.69) is 6.92 Å². The molecule has 1 aliphatic heterocycles.